The summed E-state index contributed by atoms with van der Waals surface area (Å²) in [7, 11) is 2.23. The minimum atomic E-state index is 0.703. The van der Waals surface area contributed by atoms with Gasteiger partial charge >= 0.3 is 0 Å². The molecular formula is C14H32N4. The zero-order valence-electron chi connectivity index (χ0n) is 12.8. The van der Waals surface area contributed by atoms with Gasteiger partial charge in [0.05, 0.1) is 0 Å². The molecule has 0 spiro atoms. The lowest BCUT2D eigenvalue weighted by Gasteiger charge is -2.37. The zero-order valence-corrected chi connectivity index (χ0v) is 12.8. The summed E-state index contributed by atoms with van der Waals surface area (Å²) in [5, 5.41) is 3.56. The average Bonchev–Trinajstić information content (AvgIpc) is 2.38. The normalized spacial score (nSPS) is 22.8. The Balaban J connectivity index is 2.01. The lowest BCUT2D eigenvalue weighted by Crippen LogP contribution is -2.51. The maximum Gasteiger partial charge on any atom is 0.0192 e. The molecule has 1 N–H and O–H groups in total. The summed E-state index contributed by atoms with van der Waals surface area (Å²) < 4.78 is 0. The van der Waals surface area contributed by atoms with Crippen molar-refractivity contribution >= 4 is 0 Å². The molecule has 0 aromatic heterocycles. The molecule has 1 fully saturated rings. The minimum Gasteiger partial charge on any atom is -0.314 e. The van der Waals surface area contributed by atoms with Gasteiger partial charge in [0.2, 0.25) is 0 Å². The van der Waals surface area contributed by atoms with Crippen LogP contribution in [0.4, 0.5) is 0 Å². The van der Waals surface area contributed by atoms with Gasteiger partial charge in [0.25, 0.3) is 0 Å². The predicted molar refractivity (Wildman–Crippen MR) is 79.2 cm³/mol. The molecule has 108 valence electrons. The third-order valence-corrected chi connectivity index (χ3v) is 4.15. The first-order valence-electron chi connectivity index (χ1n) is 7.53. The minimum absolute atomic E-state index is 0.703. The predicted octanol–water partition coefficient (Wildman–Crippen LogP) is 0.554. The molecule has 1 aliphatic rings. The van der Waals surface area contributed by atoms with Crippen LogP contribution in [0.3, 0.4) is 0 Å². The van der Waals surface area contributed by atoms with E-state index in [0.29, 0.717) is 6.04 Å². The maximum absolute atomic E-state index is 3.56. The fourth-order valence-electron chi connectivity index (χ4n) is 2.47. The molecule has 1 heterocycles. The van der Waals surface area contributed by atoms with Gasteiger partial charge in [0.1, 0.15) is 0 Å². The van der Waals surface area contributed by atoms with E-state index in [4.69, 9.17) is 0 Å². The molecule has 0 bridgehead atoms. The Morgan fingerprint density at radius 3 is 2.50 bits per heavy atom. The third-order valence-electron chi connectivity index (χ3n) is 4.15. The number of nitrogens with one attached hydrogen (secondary N) is 1. The highest BCUT2D eigenvalue weighted by molar-refractivity contribution is 4.76. The van der Waals surface area contributed by atoms with E-state index in [1.54, 1.807) is 0 Å². The Morgan fingerprint density at radius 2 is 1.89 bits per heavy atom. The number of hydrogen-bond acceptors (Lipinski definition) is 4. The molecule has 1 saturated heterocycles. The lowest BCUT2D eigenvalue weighted by atomic mass is 10.2. The fraction of sp³-hybridized carbons (Fsp3) is 1.00. The molecule has 1 rings (SSSR count). The number of hydrogen-bond donors (Lipinski definition) is 1. The van der Waals surface area contributed by atoms with Crippen LogP contribution in [0.25, 0.3) is 0 Å². The quantitative estimate of drug-likeness (QED) is 0.640. The van der Waals surface area contributed by atoms with Crippen LogP contribution >= 0.6 is 0 Å². The number of likely N-dealkylation sites (N-methyl/N-ethyl adjacent to an activating group) is 2. The van der Waals surface area contributed by atoms with Crippen LogP contribution in [0.2, 0.25) is 0 Å². The fourth-order valence-corrected chi connectivity index (χ4v) is 2.47. The van der Waals surface area contributed by atoms with Crippen molar-refractivity contribution in [2.75, 3.05) is 66.0 Å². The number of rotatable bonds is 8. The van der Waals surface area contributed by atoms with Crippen molar-refractivity contribution in [1.29, 1.82) is 0 Å². The van der Waals surface area contributed by atoms with Crippen LogP contribution < -0.4 is 5.32 Å². The summed E-state index contributed by atoms with van der Waals surface area (Å²) in [6, 6.07) is 0.703. The van der Waals surface area contributed by atoms with Crippen LogP contribution in [-0.4, -0.2) is 86.7 Å². The van der Waals surface area contributed by atoms with Gasteiger partial charge in [-0.2, -0.15) is 0 Å². The summed E-state index contributed by atoms with van der Waals surface area (Å²) in [5.74, 6) is 0. The van der Waals surface area contributed by atoms with Crippen molar-refractivity contribution in [1.82, 2.24) is 20.0 Å². The highest BCUT2D eigenvalue weighted by atomic mass is 15.3. The van der Waals surface area contributed by atoms with Gasteiger partial charge in [-0.25, -0.2) is 0 Å². The smallest absolute Gasteiger partial charge is 0.0192 e. The van der Waals surface area contributed by atoms with Crippen molar-refractivity contribution in [3.63, 3.8) is 0 Å². The average molecular weight is 256 g/mol. The standard InChI is InChI=1S/C14H32N4/c1-5-17(6-2)9-7-15-8-10-18-12-11-16(4)14(3)13-18/h14-15H,5-13H2,1-4H3. The summed E-state index contributed by atoms with van der Waals surface area (Å²) >= 11 is 0. The molecule has 0 radical (unpaired) electrons. The molecule has 0 aliphatic carbocycles. The second kappa shape index (κ2) is 8.86. The van der Waals surface area contributed by atoms with E-state index in [1.807, 2.05) is 0 Å². The van der Waals surface area contributed by atoms with Crippen molar-refractivity contribution in [2.45, 2.75) is 26.8 Å². The highest BCUT2D eigenvalue weighted by Crippen LogP contribution is 2.05. The highest BCUT2D eigenvalue weighted by Gasteiger charge is 2.19. The molecule has 18 heavy (non-hydrogen) atoms. The van der Waals surface area contributed by atoms with Gasteiger partial charge in [0, 0.05) is 51.9 Å². The molecule has 4 nitrogen and oxygen atoms in total. The first kappa shape index (κ1) is 15.9. The lowest BCUT2D eigenvalue weighted by molar-refractivity contribution is 0.106. The van der Waals surface area contributed by atoms with Gasteiger partial charge in [0.15, 0.2) is 0 Å². The molecule has 1 atom stereocenters. The van der Waals surface area contributed by atoms with E-state index in [0.717, 1.165) is 26.2 Å². The Hall–Kier alpha value is -0.160. The van der Waals surface area contributed by atoms with E-state index in [-0.39, 0.29) is 0 Å². The number of nitrogens with zero attached hydrogens (tertiary/aromatic N) is 3. The van der Waals surface area contributed by atoms with E-state index >= 15 is 0 Å². The number of piperazine rings is 1. The van der Waals surface area contributed by atoms with Crippen molar-refractivity contribution < 1.29 is 0 Å². The van der Waals surface area contributed by atoms with E-state index in [2.05, 4.69) is 47.8 Å². The molecule has 0 saturated carbocycles. The zero-order chi connectivity index (χ0) is 13.4. The first-order chi connectivity index (χ1) is 8.67. The van der Waals surface area contributed by atoms with Gasteiger partial charge in [-0.15, -0.1) is 0 Å². The Kier molecular flexibility index (Phi) is 7.82. The van der Waals surface area contributed by atoms with Crippen molar-refractivity contribution in [2.24, 2.45) is 0 Å². The monoisotopic (exact) mass is 256 g/mol. The van der Waals surface area contributed by atoms with E-state index in [9.17, 15) is 0 Å². The molecule has 0 amide bonds. The third kappa shape index (κ3) is 5.65. The molecule has 1 unspecified atom stereocenters. The second-order valence-electron chi connectivity index (χ2n) is 5.41. The van der Waals surface area contributed by atoms with E-state index < -0.39 is 0 Å². The summed E-state index contributed by atoms with van der Waals surface area (Å²) in [6.45, 7) is 17.4. The summed E-state index contributed by atoms with van der Waals surface area (Å²) in [4.78, 5) is 7.49. The first-order valence-corrected chi connectivity index (χ1v) is 7.53. The SMILES string of the molecule is CCN(CC)CCNCCN1CCN(C)C(C)C1. The van der Waals surface area contributed by atoms with Crippen LogP contribution in [0.1, 0.15) is 20.8 Å². The van der Waals surface area contributed by atoms with Gasteiger partial charge < -0.3 is 15.1 Å². The largest absolute Gasteiger partial charge is 0.314 e. The molecule has 0 aromatic rings. The van der Waals surface area contributed by atoms with Crippen molar-refractivity contribution in [3.05, 3.63) is 0 Å². The summed E-state index contributed by atoms with van der Waals surface area (Å²) in [5.41, 5.74) is 0. The second-order valence-corrected chi connectivity index (χ2v) is 5.41. The molecule has 4 heteroatoms. The Labute approximate surface area is 113 Å². The van der Waals surface area contributed by atoms with Crippen LogP contribution in [0, 0.1) is 0 Å². The molecular weight excluding hydrogens is 224 g/mol. The summed E-state index contributed by atoms with van der Waals surface area (Å²) in [6.07, 6.45) is 0. The maximum atomic E-state index is 3.56. The van der Waals surface area contributed by atoms with E-state index in [1.165, 1.54) is 32.7 Å². The van der Waals surface area contributed by atoms with Crippen LogP contribution in [-0.2, 0) is 0 Å². The van der Waals surface area contributed by atoms with Gasteiger partial charge in [-0.3, -0.25) is 4.90 Å². The van der Waals surface area contributed by atoms with Gasteiger partial charge in [-0.1, -0.05) is 13.8 Å². The van der Waals surface area contributed by atoms with Crippen LogP contribution in [0.15, 0.2) is 0 Å². The van der Waals surface area contributed by atoms with Crippen LogP contribution in [0.5, 0.6) is 0 Å². The van der Waals surface area contributed by atoms with Gasteiger partial charge in [-0.05, 0) is 27.1 Å². The Bertz CT molecular complexity index is 206. The van der Waals surface area contributed by atoms with Crippen molar-refractivity contribution in [3.8, 4) is 0 Å². The topological polar surface area (TPSA) is 21.8 Å². The molecule has 0 aromatic carbocycles. The Morgan fingerprint density at radius 1 is 1.17 bits per heavy atom. The molecule has 1 aliphatic heterocycles.